The van der Waals surface area contributed by atoms with Crippen molar-refractivity contribution in [3.8, 4) is 0 Å². The van der Waals surface area contributed by atoms with Gasteiger partial charge in [0.15, 0.2) is 0 Å². The first-order chi connectivity index (χ1) is 10.5. The van der Waals surface area contributed by atoms with Crippen molar-refractivity contribution in [2.75, 3.05) is 0 Å². The molecule has 0 bridgehead atoms. The maximum absolute atomic E-state index is 11.9. The molecule has 1 aromatic rings. The van der Waals surface area contributed by atoms with Gasteiger partial charge in [-0.25, -0.2) is 0 Å². The molecule has 3 heteroatoms. The van der Waals surface area contributed by atoms with Crippen LogP contribution in [-0.2, 0) is 20.7 Å². The van der Waals surface area contributed by atoms with E-state index >= 15 is 0 Å². The van der Waals surface area contributed by atoms with Gasteiger partial charge >= 0.3 is 5.97 Å². The van der Waals surface area contributed by atoms with E-state index in [0.29, 0.717) is 12.3 Å². The summed E-state index contributed by atoms with van der Waals surface area (Å²) in [6, 6.07) is 10.2. The Kier molecular flexibility index (Phi) is 5.76. The van der Waals surface area contributed by atoms with Crippen molar-refractivity contribution in [3.63, 3.8) is 0 Å². The number of aryl methyl sites for hydroxylation is 1. The van der Waals surface area contributed by atoms with E-state index in [9.17, 15) is 9.59 Å². The fraction of sp³-hybridized carbons (Fsp3) is 0.579. The van der Waals surface area contributed by atoms with E-state index in [1.165, 1.54) is 5.56 Å². The molecule has 2 atom stereocenters. The fourth-order valence-corrected chi connectivity index (χ4v) is 3.50. The van der Waals surface area contributed by atoms with Gasteiger partial charge < -0.3 is 4.74 Å². The number of ether oxygens (including phenoxy) is 1. The third-order valence-electron chi connectivity index (χ3n) is 4.41. The monoisotopic (exact) mass is 302 g/mol. The smallest absolute Gasteiger partial charge is 0.313 e. The zero-order valence-electron chi connectivity index (χ0n) is 13.6. The molecule has 0 N–H and O–H groups in total. The topological polar surface area (TPSA) is 43.4 Å². The minimum atomic E-state index is -0.600. The molecule has 1 aromatic carbocycles. The maximum Gasteiger partial charge on any atom is 0.313 e. The van der Waals surface area contributed by atoms with Crippen molar-refractivity contribution in [2.45, 2.75) is 64.4 Å². The number of carbonyl (C=O) groups is 2. The van der Waals surface area contributed by atoms with Crippen molar-refractivity contribution >= 4 is 11.8 Å². The average Bonchev–Trinajstić information content (AvgIpc) is 2.45. The van der Waals surface area contributed by atoms with E-state index in [-0.39, 0.29) is 18.2 Å². The summed E-state index contributed by atoms with van der Waals surface area (Å²) in [7, 11) is 0. The SMILES string of the molecule is CCCC(C)CC1(CCc2ccccc2)CC(=O)CC(=O)O1. The van der Waals surface area contributed by atoms with Gasteiger partial charge in [0.05, 0.1) is 0 Å². The first kappa shape index (κ1) is 16.7. The maximum atomic E-state index is 11.9. The van der Waals surface area contributed by atoms with Gasteiger partial charge in [-0.1, -0.05) is 57.0 Å². The molecule has 120 valence electrons. The Labute approximate surface area is 133 Å². The molecule has 1 fully saturated rings. The summed E-state index contributed by atoms with van der Waals surface area (Å²) >= 11 is 0. The Bertz CT molecular complexity index is 491. The standard InChI is InChI=1S/C19H26O3/c1-3-7-15(2)13-19(14-17(20)12-18(21)22-19)11-10-16-8-5-4-6-9-16/h4-6,8-9,15H,3,7,10-14H2,1-2H3. The number of esters is 1. The quantitative estimate of drug-likeness (QED) is 0.563. The number of cyclic esters (lactones) is 1. The molecule has 1 aliphatic rings. The molecule has 0 aromatic heterocycles. The summed E-state index contributed by atoms with van der Waals surface area (Å²) in [5, 5.41) is 0. The van der Waals surface area contributed by atoms with Crippen molar-refractivity contribution in [1.29, 1.82) is 0 Å². The number of hydrogen-bond acceptors (Lipinski definition) is 3. The Morgan fingerprint density at radius 3 is 2.59 bits per heavy atom. The highest BCUT2D eigenvalue weighted by molar-refractivity contribution is 5.98. The van der Waals surface area contributed by atoms with Crippen molar-refractivity contribution in [3.05, 3.63) is 35.9 Å². The molecule has 1 heterocycles. The van der Waals surface area contributed by atoms with E-state index in [1.807, 2.05) is 18.2 Å². The Morgan fingerprint density at radius 2 is 1.95 bits per heavy atom. The van der Waals surface area contributed by atoms with Gasteiger partial charge in [-0.2, -0.15) is 0 Å². The Morgan fingerprint density at radius 1 is 1.23 bits per heavy atom. The zero-order valence-corrected chi connectivity index (χ0v) is 13.6. The van der Waals surface area contributed by atoms with Crippen LogP contribution in [0.2, 0.25) is 0 Å². The lowest BCUT2D eigenvalue weighted by Gasteiger charge is -2.38. The molecule has 22 heavy (non-hydrogen) atoms. The van der Waals surface area contributed by atoms with Crippen molar-refractivity contribution < 1.29 is 14.3 Å². The van der Waals surface area contributed by atoms with Crippen LogP contribution in [0.1, 0.15) is 57.9 Å². The van der Waals surface area contributed by atoms with Gasteiger partial charge in [0, 0.05) is 6.42 Å². The van der Waals surface area contributed by atoms with Crippen LogP contribution in [0.25, 0.3) is 0 Å². The van der Waals surface area contributed by atoms with Crippen LogP contribution in [0.5, 0.6) is 0 Å². The molecule has 2 unspecified atom stereocenters. The second kappa shape index (κ2) is 7.57. The molecule has 0 radical (unpaired) electrons. The average molecular weight is 302 g/mol. The molecule has 0 amide bonds. The van der Waals surface area contributed by atoms with Crippen LogP contribution in [0.3, 0.4) is 0 Å². The predicted octanol–water partition coefficient (Wildman–Crippen LogP) is 4.09. The summed E-state index contributed by atoms with van der Waals surface area (Å²) in [4.78, 5) is 23.7. The fourth-order valence-electron chi connectivity index (χ4n) is 3.50. The normalized spacial score (nSPS) is 23.2. The van der Waals surface area contributed by atoms with Gasteiger partial charge in [0.2, 0.25) is 0 Å². The van der Waals surface area contributed by atoms with E-state index in [1.54, 1.807) is 0 Å². The predicted molar refractivity (Wildman–Crippen MR) is 86.5 cm³/mol. The molecule has 1 saturated heterocycles. The molecular formula is C19H26O3. The highest BCUT2D eigenvalue weighted by atomic mass is 16.6. The van der Waals surface area contributed by atoms with E-state index in [4.69, 9.17) is 4.74 Å². The summed E-state index contributed by atoms with van der Waals surface area (Å²) in [6.07, 6.45) is 4.86. The summed E-state index contributed by atoms with van der Waals surface area (Å²) < 4.78 is 5.72. The highest BCUT2D eigenvalue weighted by Gasteiger charge is 2.41. The first-order valence-electron chi connectivity index (χ1n) is 8.30. The number of benzene rings is 1. The van der Waals surface area contributed by atoms with Crippen LogP contribution < -0.4 is 0 Å². The zero-order chi connectivity index (χ0) is 16.0. The van der Waals surface area contributed by atoms with Gasteiger partial charge in [-0.15, -0.1) is 0 Å². The molecular weight excluding hydrogens is 276 g/mol. The minimum absolute atomic E-state index is 0.0213. The highest BCUT2D eigenvalue weighted by Crippen LogP contribution is 2.35. The summed E-state index contributed by atoms with van der Waals surface area (Å²) in [5.74, 6) is 0.125. The van der Waals surface area contributed by atoms with Crippen LogP contribution in [0.15, 0.2) is 30.3 Å². The van der Waals surface area contributed by atoms with E-state index in [0.717, 1.165) is 32.1 Å². The van der Waals surface area contributed by atoms with Crippen LogP contribution in [0, 0.1) is 5.92 Å². The van der Waals surface area contributed by atoms with Gasteiger partial charge in [0.25, 0.3) is 0 Å². The van der Waals surface area contributed by atoms with Gasteiger partial charge in [-0.3, -0.25) is 9.59 Å². The number of ketones is 1. The summed E-state index contributed by atoms with van der Waals surface area (Å²) in [6.45, 7) is 4.34. The molecule has 1 aliphatic heterocycles. The van der Waals surface area contributed by atoms with Crippen molar-refractivity contribution in [2.24, 2.45) is 5.92 Å². The molecule has 0 saturated carbocycles. The molecule has 0 spiro atoms. The van der Waals surface area contributed by atoms with Crippen LogP contribution in [-0.4, -0.2) is 17.4 Å². The molecule has 2 rings (SSSR count). The van der Waals surface area contributed by atoms with Gasteiger partial charge in [0.1, 0.15) is 17.8 Å². The Balaban J connectivity index is 2.10. The van der Waals surface area contributed by atoms with Gasteiger partial charge in [-0.05, 0) is 30.7 Å². The molecule has 3 nitrogen and oxygen atoms in total. The number of Topliss-reactive ketones (excluding diaryl/α,β-unsaturated/α-hetero) is 1. The third-order valence-corrected chi connectivity index (χ3v) is 4.41. The second-order valence-electron chi connectivity index (χ2n) is 6.63. The number of carbonyl (C=O) groups excluding carboxylic acids is 2. The number of rotatable bonds is 7. The Hall–Kier alpha value is -1.64. The summed E-state index contributed by atoms with van der Waals surface area (Å²) in [5.41, 5.74) is 0.621. The van der Waals surface area contributed by atoms with Crippen LogP contribution >= 0.6 is 0 Å². The van der Waals surface area contributed by atoms with E-state index < -0.39 is 5.60 Å². The van der Waals surface area contributed by atoms with Crippen molar-refractivity contribution in [1.82, 2.24) is 0 Å². The second-order valence-corrected chi connectivity index (χ2v) is 6.63. The number of hydrogen-bond donors (Lipinski definition) is 0. The lowest BCUT2D eigenvalue weighted by Crippen LogP contribution is -2.44. The minimum Gasteiger partial charge on any atom is -0.458 e. The third kappa shape index (κ3) is 4.69. The van der Waals surface area contributed by atoms with Crippen LogP contribution in [0.4, 0.5) is 0 Å². The molecule has 0 aliphatic carbocycles. The lowest BCUT2D eigenvalue weighted by atomic mass is 9.79. The lowest BCUT2D eigenvalue weighted by molar-refractivity contribution is -0.173. The first-order valence-corrected chi connectivity index (χ1v) is 8.30. The largest absolute Gasteiger partial charge is 0.458 e. The van der Waals surface area contributed by atoms with E-state index in [2.05, 4.69) is 26.0 Å².